The SMILES string of the molecule is CNCc1cc(F)c2c(c1)C(=O)N(C1CCC(=O)NC1=O)C2. The normalized spacial score (nSPS) is 21.1. The molecule has 22 heavy (non-hydrogen) atoms. The summed E-state index contributed by atoms with van der Waals surface area (Å²) in [5, 5.41) is 5.13. The molecule has 1 aromatic rings. The highest BCUT2D eigenvalue weighted by molar-refractivity contribution is 6.05. The van der Waals surface area contributed by atoms with Gasteiger partial charge in [-0.05, 0) is 31.2 Å². The number of carbonyl (C=O) groups is 3. The number of rotatable bonds is 3. The fourth-order valence-corrected chi connectivity index (χ4v) is 2.98. The lowest BCUT2D eigenvalue weighted by molar-refractivity contribution is -0.136. The van der Waals surface area contributed by atoms with Gasteiger partial charge in [0.1, 0.15) is 11.9 Å². The van der Waals surface area contributed by atoms with Crippen molar-refractivity contribution in [3.8, 4) is 0 Å². The van der Waals surface area contributed by atoms with Gasteiger partial charge in [0.05, 0.1) is 6.54 Å². The van der Waals surface area contributed by atoms with Gasteiger partial charge < -0.3 is 10.2 Å². The van der Waals surface area contributed by atoms with Gasteiger partial charge >= 0.3 is 0 Å². The minimum absolute atomic E-state index is 0.0616. The highest BCUT2D eigenvalue weighted by Crippen LogP contribution is 2.30. The van der Waals surface area contributed by atoms with Crippen LogP contribution in [0.2, 0.25) is 0 Å². The number of halogens is 1. The molecule has 0 aliphatic carbocycles. The standard InChI is InChI=1S/C15H16FN3O3/c1-17-6-8-4-9-10(11(16)5-8)7-19(15(9)22)12-2-3-13(20)18-14(12)21/h4-5,12,17H,2-3,6-7H2,1H3,(H,18,20,21). The quantitative estimate of drug-likeness (QED) is 0.788. The van der Waals surface area contributed by atoms with E-state index < -0.39 is 17.8 Å². The van der Waals surface area contributed by atoms with Gasteiger partial charge in [0, 0.05) is 24.1 Å². The fraction of sp³-hybridized carbons (Fsp3) is 0.400. The summed E-state index contributed by atoms with van der Waals surface area (Å²) in [6.45, 7) is 0.516. The third-order valence-corrected chi connectivity index (χ3v) is 4.04. The molecule has 0 bridgehead atoms. The molecule has 1 atom stereocenters. The van der Waals surface area contributed by atoms with E-state index in [4.69, 9.17) is 0 Å². The monoisotopic (exact) mass is 305 g/mol. The second-order valence-electron chi connectivity index (χ2n) is 5.53. The van der Waals surface area contributed by atoms with Crippen LogP contribution >= 0.6 is 0 Å². The van der Waals surface area contributed by atoms with Gasteiger partial charge in [-0.3, -0.25) is 19.7 Å². The zero-order valence-electron chi connectivity index (χ0n) is 12.1. The Morgan fingerprint density at radius 2 is 2.14 bits per heavy atom. The lowest BCUT2D eigenvalue weighted by Crippen LogP contribution is -2.52. The first-order valence-electron chi connectivity index (χ1n) is 7.12. The second kappa shape index (κ2) is 5.49. The van der Waals surface area contributed by atoms with Crippen LogP contribution in [-0.4, -0.2) is 35.7 Å². The Labute approximate surface area is 126 Å². The van der Waals surface area contributed by atoms with E-state index in [1.54, 1.807) is 13.1 Å². The Morgan fingerprint density at radius 1 is 1.36 bits per heavy atom. The van der Waals surface area contributed by atoms with Gasteiger partial charge in [-0.25, -0.2) is 4.39 Å². The van der Waals surface area contributed by atoms with E-state index in [1.165, 1.54) is 11.0 Å². The molecule has 3 amide bonds. The van der Waals surface area contributed by atoms with Gasteiger partial charge in [-0.2, -0.15) is 0 Å². The Kier molecular flexibility index (Phi) is 3.66. The number of fused-ring (bicyclic) bond motifs is 1. The average molecular weight is 305 g/mol. The van der Waals surface area contributed by atoms with Crippen molar-refractivity contribution in [3.63, 3.8) is 0 Å². The van der Waals surface area contributed by atoms with Gasteiger partial charge in [-0.1, -0.05) is 0 Å². The highest BCUT2D eigenvalue weighted by Gasteiger charge is 2.40. The number of carbonyl (C=O) groups excluding carboxylic acids is 3. The first kappa shape index (κ1) is 14.6. The fourth-order valence-electron chi connectivity index (χ4n) is 2.98. The maximum atomic E-state index is 14.2. The maximum Gasteiger partial charge on any atom is 0.255 e. The number of hydrogen-bond acceptors (Lipinski definition) is 4. The van der Waals surface area contributed by atoms with Gasteiger partial charge in [0.15, 0.2) is 0 Å². The Balaban J connectivity index is 1.89. The van der Waals surface area contributed by atoms with E-state index in [0.29, 0.717) is 23.2 Å². The van der Waals surface area contributed by atoms with Crippen LogP contribution in [0.3, 0.4) is 0 Å². The summed E-state index contributed by atoms with van der Waals surface area (Å²) in [5.74, 6) is -1.63. The number of nitrogens with zero attached hydrogens (tertiary/aromatic N) is 1. The molecule has 1 fully saturated rings. The van der Waals surface area contributed by atoms with Gasteiger partial charge in [0.2, 0.25) is 11.8 Å². The molecule has 6 nitrogen and oxygen atoms in total. The van der Waals surface area contributed by atoms with E-state index in [0.717, 1.165) is 0 Å². The molecular weight excluding hydrogens is 289 g/mol. The van der Waals surface area contributed by atoms with Gasteiger partial charge in [0.25, 0.3) is 5.91 Å². The first-order valence-corrected chi connectivity index (χ1v) is 7.12. The van der Waals surface area contributed by atoms with E-state index in [9.17, 15) is 18.8 Å². The second-order valence-corrected chi connectivity index (χ2v) is 5.53. The molecule has 7 heteroatoms. The van der Waals surface area contributed by atoms with Crippen molar-refractivity contribution in [2.45, 2.75) is 32.0 Å². The van der Waals surface area contributed by atoms with Crippen molar-refractivity contribution < 1.29 is 18.8 Å². The summed E-state index contributed by atoms with van der Waals surface area (Å²) in [5.41, 5.74) is 1.29. The number of imide groups is 1. The summed E-state index contributed by atoms with van der Waals surface area (Å²) < 4.78 is 14.2. The molecule has 2 heterocycles. The van der Waals surface area contributed by atoms with Crippen LogP contribution in [-0.2, 0) is 22.7 Å². The molecule has 1 unspecified atom stereocenters. The maximum absolute atomic E-state index is 14.2. The molecule has 1 aromatic carbocycles. The topological polar surface area (TPSA) is 78.5 Å². The third kappa shape index (κ3) is 2.37. The minimum atomic E-state index is -0.718. The summed E-state index contributed by atoms with van der Waals surface area (Å²) in [6.07, 6.45) is 0.458. The Hall–Kier alpha value is -2.28. The summed E-state index contributed by atoms with van der Waals surface area (Å²) >= 11 is 0. The molecule has 0 aromatic heterocycles. The molecule has 0 radical (unpaired) electrons. The van der Waals surface area contributed by atoms with Crippen LogP contribution in [0.25, 0.3) is 0 Å². The third-order valence-electron chi connectivity index (χ3n) is 4.04. The van der Waals surface area contributed by atoms with Crippen LogP contribution in [0, 0.1) is 5.82 Å². The van der Waals surface area contributed by atoms with Crippen molar-refractivity contribution in [1.29, 1.82) is 0 Å². The van der Waals surface area contributed by atoms with Crippen LogP contribution in [0.15, 0.2) is 12.1 Å². The van der Waals surface area contributed by atoms with Crippen molar-refractivity contribution in [2.24, 2.45) is 0 Å². The predicted octanol–water partition coefficient (Wildman–Crippen LogP) is 0.306. The number of nitrogens with one attached hydrogen (secondary N) is 2. The molecule has 0 saturated carbocycles. The van der Waals surface area contributed by atoms with Crippen LogP contribution in [0.4, 0.5) is 4.39 Å². The number of piperidine rings is 1. The minimum Gasteiger partial charge on any atom is -0.322 e. The van der Waals surface area contributed by atoms with Crippen molar-refractivity contribution >= 4 is 17.7 Å². The summed E-state index contributed by atoms with van der Waals surface area (Å²) in [6, 6.07) is 2.34. The number of amides is 3. The molecule has 2 aliphatic rings. The summed E-state index contributed by atoms with van der Waals surface area (Å²) in [4.78, 5) is 37.0. The molecule has 1 saturated heterocycles. The first-order chi connectivity index (χ1) is 10.5. The molecule has 2 aliphatic heterocycles. The van der Waals surface area contributed by atoms with E-state index in [2.05, 4.69) is 10.6 Å². The lowest BCUT2D eigenvalue weighted by atomic mass is 10.0. The molecule has 116 valence electrons. The van der Waals surface area contributed by atoms with Crippen molar-refractivity contribution in [1.82, 2.24) is 15.5 Å². The van der Waals surface area contributed by atoms with Crippen LogP contribution < -0.4 is 10.6 Å². The van der Waals surface area contributed by atoms with Gasteiger partial charge in [-0.15, -0.1) is 0 Å². The Morgan fingerprint density at radius 3 is 2.82 bits per heavy atom. The number of benzene rings is 1. The zero-order chi connectivity index (χ0) is 15.9. The van der Waals surface area contributed by atoms with E-state index in [-0.39, 0.29) is 31.2 Å². The predicted molar refractivity (Wildman–Crippen MR) is 75.2 cm³/mol. The van der Waals surface area contributed by atoms with Crippen molar-refractivity contribution in [2.75, 3.05) is 7.05 Å². The molecular formula is C15H16FN3O3. The highest BCUT2D eigenvalue weighted by atomic mass is 19.1. The van der Waals surface area contributed by atoms with Crippen molar-refractivity contribution in [3.05, 3.63) is 34.6 Å². The lowest BCUT2D eigenvalue weighted by Gasteiger charge is -2.29. The zero-order valence-corrected chi connectivity index (χ0v) is 12.1. The summed E-state index contributed by atoms with van der Waals surface area (Å²) in [7, 11) is 1.74. The smallest absolute Gasteiger partial charge is 0.255 e. The Bertz CT molecular complexity index is 674. The average Bonchev–Trinajstić information content (AvgIpc) is 2.78. The molecule has 3 rings (SSSR count). The largest absolute Gasteiger partial charge is 0.322 e. The van der Waals surface area contributed by atoms with E-state index >= 15 is 0 Å². The molecule has 0 spiro atoms. The number of hydrogen-bond donors (Lipinski definition) is 2. The van der Waals surface area contributed by atoms with Crippen LogP contribution in [0.1, 0.15) is 34.3 Å². The van der Waals surface area contributed by atoms with E-state index in [1.807, 2.05) is 0 Å². The molecule has 2 N–H and O–H groups in total. The van der Waals surface area contributed by atoms with Crippen LogP contribution in [0.5, 0.6) is 0 Å².